The van der Waals surface area contributed by atoms with Crippen molar-refractivity contribution >= 4 is 5.97 Å². The quantitative estimate of drug-likeness (QED) is 0.832. The van der Waals surface area contributed by atoms with Gasteiger partial charge in [-0.1, -0.05) is 13.0 Å². The number of hydrogen-bond acceptors (Lipinski definition) is 3. The second-order valence-electron chi connectivity index (χ2n) is 5.32. The van der Waals surface area contributed by atoms with Gasteiger partial charge >= 0.3 is 5.97 Å². The van der Waals surface area contributed by atoms with Crippen LogP contribution in [0.3, 0.4) is 0 Å². The van der Waals surface area contributed by atoms with Crippen LogP contribution in [0.15, 0.2) is 12.1 Å². The molecule has 1 fully saturated rings. The Balaban J connectivity index is 2.47. The predicted molar refractivity (Wildman–Crippen MR) is 76.6 cm³/mol. The maximum Gasteiger partial charge on any atom is 0.303 e. The standard InChI is InChI=1S/C16H22O4/c1-4-10-7-13(16(20-3)14(8-10)19-2)12(9-15(17)18)11-5-6-11/h7-8,11-12H,4-6,9H2,1-3H3,(H,17,18). The molecule has 1 atom stereocenters. The van der Waals surface area contributed by atoms with Gasteiger partial charge in [0.25, 0.3) is 0 Å². The Morgan fingerprint density at radius 3 is 2.50 bits per heavy atom. The fraction of sp³-hybridized carbons (Fsp3) is 0.562. The molecular weight excluding hydrogens is 256 g/mol. The Bertz CT molecular complexity index is 491. The summed E-state index contributed by atoms with van der Waals surface area (Å²) in [5, 5.41) is 9.17. The third kappa shape index (κ3) is 3.06. The average molecular weight is 278 g/mol. The van der Waals surface area contributed by atoms with Crippen LogP contribution in [-0.4, -0.2) is 25.3 Å². The number of rotatable bonds is 7. The number of hydrogen-bond donors (Lipinski definition) is 1. The van der Waals surface area contributed by atoms with Crippen molar-refractivity contribution in [3.63, 3.8) is 0 Å². The highest BCUT2D eigenvalue weighted by Crippen LogP contribution is 2.49. The van der Waals surface area contributed by atoms with E-state index >= 15 is 0 Å². The van der Waals surface area contributed by atoms with Crippen molar-refractivity contribution in [3.05, 3.63) is 23.3 Å². The molecule has 20 heavy (non-hydrogen) atoms. The van der Waals surface area contributed by atoms with Crippen molar-refractivity contribution in [2.45, 2.75) is 38.5 Å². The smallest absolute Gasteiger partial charge is 0.303 e. The highest BCUT2D eigenvalue weighted by atomic mass is 16.5. The normalized spacial score (nSPS) is 15.8. The molecule has 1 aliphatic rings. The SMILES string of the molecule is CCc1cc(OC)c(OC)c(C(CC(=O)O)C2CC2)c1. The lowest BCUT2D eigenvalue weighted by Gasteiger charge is -2.21. The van der Waals surface area contributed by atoms with E-state index in [1.807, 2.05) is 6.07 Å². The molecule has 4 nitrogen and oxygen atoms in total. The Morgan fingerprint density at radius 2 is 2.05 bits per heavy atom. The highest BCUT2D eigenvalue weighted by Gasteiger charge is 2.36. The van der Waals surface area contributed by atoms with E-state index in [1.54, 1.807) is 14.2 Å². The molecule has 1 aliphatic carbocycles. The zero-order valence-corrected chi connectivity index (χ0v) is 12.3. The number of ether oxygens (including phenoxy) is 2. The molecule has 4 heteroatoms. The molecule has 0 spiro atoms. The Labute approximate surface area is 119 Å². The lowest BCUT2D eigenvalue weighted by molar-refractivity contribution is -0.137. The van der Waals surface area contributed by atoms with Crippen molar-refractivity contribution in [1.29, 1.82) is 0 Å². The number of carboxylic acid groups (broad SMARTS) is 1. The number of aryl methyl sites for hydroxylation is 1. The Hall–Kier alpha value is -1.71. The summed E-state index contributed by atoms with van der Waals surface area (Å²) in [6.07, 6.45) is 3.23. The number of benzene rings is 1. The summed E-state index contributed by atoms with van der Waals surface area (Å²) < 4.78 is 10.9. The van der Waals surface area contributed by atoms with E-state index in [4.69, 9.17) is 14.6 Å². The third-order valence-electron chi connectivity index (χ3n) is 3.96. The minimum Gasteiger partial charge on any atom is -0.493 e. The van der Waals surface area contributed by atoms with Crippen molar-refractivity contribution < 1.29 is 19.4 Å². The monoisotopic (exact) mass is 278 g/mol. The maximum absolute atomic E-state index is 11.2. The molecule has 0 aromatic heterocycles. The predicted octanol–water partition coefficient (Wildman–Crippen LogP) is 3.23. The number of carboxylic acids is 1. The van der Waals surface area contributed by atoms with Crippen LogP contribution in [0.25, 0.3) is 0 Å². The number of carbonyl (C=O) groups is 1. The summed E-state index contributed by atoms with van der Waals surface area (Å²) in [6, 6.07) is 4.04. The summed E-state index contributed by atoms with van der Waals surface area (Å²) in [6.45, 7) is 2.08. The minimum absolute atomic E-state index is 0.0165. The highest BCUT2D eigenvalue weighted by molar-refractivity contribution is 5.69. The van der Waals surface area contributed by atoms with Crippen LogP contribution in [0.4, 0.5) is 0 Å². The first-order chi connectivity index (χ1) is 9.60. The number of methoxy groups -OCH3 is 2. The molecule has 1 unspecified atom stereocenters. The lowest BCUT2D eigenvalue weighted by atomic mass is 9.88. The van der Waals surface area contributed by atoms with Crippen molar-refractivity contribution in [1.82, 2.24) is 0 Å². The topological polar surface area (TPSA) is 55.8 Å². The Kier molecular flexibility index (Phi) is 4.53. The van der Waals surface area contributed by atoms with Gasteiger partial charge in [-0.15, -0.1) is 0 Å². The molecule has 2 rings (SSSR count). The summed E-state index contributed by atoms with van der Waals surface area (Å²) in [5.74, 6) is 1.09. The maximum atomic E-state index is 11.2. The van der Waals surface area contributed by atoms with E-state index < -0.39 is 5.97 Å². The molecule has 0 bridgehead atoms. The van der Waals surface area contributed by atoms with Gasteiger partial charge < -0.3 is 14.6 Å². The van der Waals surface area contributed by atoms with Gasteiger partial charge in [0.2, 0.25) is 0 Å². The molecule has 1 aromatic carbocycles. The fourth-order valence-electron chi connectivity index (χ4n) is 2.75. The summed E-state index contributed by atoms with van der Waals surface area (Å²) >= 11 is 0. The van der Waals surface area contributed by atoms with Crippen LogP contribution in [0.5, 0.6) is 11.5 Å². The summed E-state index contributed by atoms with van der Waals surface area (Å²) in [5.41, 5.74) is 2.13. The van der Waals surface area contributed by atoms with E-state index in [9.17, 15) is 4.79 Å². The Morgan fingerprint density at radius 1 is 1.35 bits per heavy atom. The van der Waals surface area contributed by atoms with Crippen molar-refractivity contribution in [2.75, 3.05) is 14.2 Å². The van der Waals surface area contributed by atoms with Gasteiger partial charge in [0.05, 0.1) is 20.6 Å². The molecular formula is C16H22O4. The van der Waals surface area contributed by atoms with E-state index in [0.29, 0.717) is 17.4 Å². The van der Waals surface area contributed by atoms with Gasteiger partial charge in [0.15, 0.2) is 11.5 Å². The molecule has 0 radical (unpaired) electrons. The first-order valence-corrected chi connectivity index (χ1v) is 7.07. The van der Waals surface area contributed by atoms with Crippen LogP contribution in [-0.2, 0) is 11.2 Å². The molecule has 1 aromatic rings. The largest absolute Gasteiger partial charge is 0.493 e. The van der Waals surface area contributed by atoms with Gasteiger partial charge in [-0.3, -0.25) is 4.79 Å². The van der Waals surface area contributed by atoms with Gasteiger partial charge in [-0.05, 0) is 36.8 Å². The molecule has 0 heterocycles. The zero-order chi connectivity index (χ0) is 14.7. The molecule has 1 saturated carbocycles. The first kappa shape index (κ1) is 14.7. The average Bonchev–Trinajstić information content (AvgIpc) is 3.27. The molecule has 110 valence electrons. The molecule has 0 saturated heterocycles. The molecule has 0 aliphatic heterocycles. The van der Waals surface area contributed by atoms with E-state index in [-0.39, 0.29) is 12.3 Å². The summed E-state index contributed by atoms with van der Waals surface area (Å²) in [4.78, 5) is 11.2. The van der Waals surface area contributed by atoms with Gasteiger partial charge in [0.1, 0.15) is 0 Å². The van der Waals surface area contributed by atoms with E-state index in [0.717, 1.165) is 30.4 Å². The van der Waals surface area contributed by atoms with E-state index in [2.05, 4.69) is 13.0 Å². The van der Waals surface area contributed by atoms with Crippen molar-refractivity contribution in [2.24, 2.45) is 5.92 Å². The lowest BCUT2D eigenvalue weighted by Crippen LogP contribution is -2.11. The van der Waals surface area contributed by atoms with Crippen LogP contribution in [0, 0.1) is 5.92 Å². The second-order valence-corrected chi connectivity index (χ2v) is 5.32. The minimum atomic E-state index is -0.759. The van der Waals surface area contributed by atoms with Crippen LogP contribution < -0.4 is 9.47 Å². The van der Waals surface area contributed by atoms with Crippen molar-refractivity contribution in [3.8, 4) is 11.5 Å². The number of aliphatic carboxylic acids is 1. The second kappa shape index (κ2) is 6.16. The molecule has 0 amide bonds. The molecule has 1 N–H and O–H groups in total. The van der Waals surface area contributed by atoms with Crippen LogP contribution in [0.2, 0.25) is 0 Å². The first-order valence-electron chi connectivity index (χ1n) is 7.07. The van der Waals surface area contributed by atoms with Crippen LogP contribution >= 0.6 is 0 Å². The van der Waals surface area contributed by atoms with Gasteiger partial charge in [-0.25, -0.2) is 0 Å². The third-order valence-corrected chi connectivity index (χ3v) is 3.96. The van der Waals surface area contributed by atoms with E-state index in [1.165, 1.54) is 0 Å². The fourth-order valence-corrected chi connectivity index (χ4v) is 2.75. The summed E-state index contributed by atoms with van der Waals surface area (Å²) in [7, 11) is 3.22. The zero-order valence-electron chi connectivity index (χ0n) is 12.3. The van der Waals surface area contributed by atoms with Gasteiger partial charge in [-0.2, -0.15) is 0 Å². The van der Waals surface area contributed by atoms with Gasteiger partial charge in [0, 0.05) is 11.5 Å². The van der Waals surface area contributed by atoms with Crippen LogP contribution in [0.1, 0.15) is 43.2 Å².